The number of aromatic nitrogens is 5. The summed E-state index contributed by atoms with van der Waals surface area (Å²) in [7, 11) is 0. The van der Waals surface area contributed by atoms with Gasteiger partial charge in [-0.2, -0.15) is 0 Å². The first-order chi connectivity index (χ1) is 39.9. The number of anilines is 2. The molecule has 0 bridgehead atoms. The van der Waals surface area contributed by atoms with Gasteiger partial charge in [0, 0.05) is 0 Å². The van der Waals surface area contributed by atoms with Gasteiger partial charge in [-0.1, -0.05) is 6.42 Å². The Kier molecular flexibility index (Phi) is 7.75. The summed E-state index contributed by atoms with van der Waals surface area (Å²) in [5.41, 5.74) is 2.54. The van der Waals surface area contributed by atoms with Crippen LogP contribution >= 0.6 is 0 Å². The zero-order valence-corrected chi connectivity index (χ0v) is 41.1. The third-order valence-corrected chi connectivity index (χ3v) is 25.2. The average Bonchev–Trinajstić information content (AvgIpc) is 2.27. The second-order valence-electron chi connectivity index (χ2n) is 18.8. The topological polar surface area (TPSA) is 59.7 Å². The minimum absolute atomic E-state index is 0.0112. The van der Waals surface area contributed by atoms with Gasteiger partial charge in [0.25, 0.3) is 0 Å². The van der Waals surface area contributed by atoms with Crippen LogP contribution in [0.4, 0.5) is 11.4 Å². The van der Waals surface area contributed by atoms with Gasteiger partial charge in [0.05, 0.1) is 0 Å². The monoisotopic (exact) mass is 990 g/mol. The fraction of sp³-hybridized carbons (Fsp3) is 0.125. The van der Waals surface area contributed by atoms with Crippen LogP contribution in [0, 0.1) is 0 Å². The van der Waals surface area contributed by atoms with Crippen molar-refractivity contribution in [3.8, 4) is 39.9 Å². The van der Waals surface area contributed by atoms with Gasteiger partial charge in [0.15, 0.2) is 0 Å². The van der Waals surface area contributed by atoms with E-state index in [-0.39, 0.29) is 56.7 Å². The Balaban J connectivity index is 1.17. The van der Waals surface area contributed by atoms with Crippen molar-refractivity contribution in [1.82, 2.24) is 24.5 Å². The van der Waals surface area contributed by atoms with E-state index in [1.807, 2.05) is 83.9 Å². The Morgan fingerprint density at radius 3 is 1.75 bits per heavy atom. The third kappa shape index (κ3) is 6.75. The van der Waals surface area contributed by atoms with E-state index in [0.717, 1.165) is 59.2 Å². The van der Waals surface area contributed by atoms with Gasteiger partial charge in [-0.05, 0) is 0 Å². The summed E-state index contributed by atoms with van der Waals surface area (Å²) < 4.78 is 117. The van der Waals surface area contributed by atoms with Crippen molar-refractivity contribution in [2.45, 2.75) is 50.5 Å². The molecule has 0 saturated heterocycles. The average molecular weight is 990 g/mol. The number of pyridine rings is 1. The molecule has 1 aliphatic carbocycles. The number of benzene rings is 8. The Morgan fingerprint density at radius 2 is 1.06 bits per heavy atom. The summed E-state index contributed by atoms with van der Waals surface area (Å²) in [6, 6.07) is 43.1. The van der Waals surface area contributed by atoms with E-state index in [4.69, 9.17) is 20.4 Å². The van der Waals surface area contributed by atoms with Crippen LogP contribution in [-0.4, -0.2) is 43.3 Å². The first-order valence-electron chi connectivity index (χ1n) is 29.9. The molecular formula is C64H52GeN6. The minimum atomic E-state index is -4.20. The van der Waals surface area contributed by atoms with Gasteiger partial charge in [-0.3, -0.25) is 4.98 Å². The molecule has 71 heavy (non-hydrogen) atoms. The number of rotatable bonds is 9. The number of para-hydroxylation sites is 3. The molecule has 13 rings (SSSR count). The first-order valence-corrected chi connectivity index (χ1v) is 28.1. The summed E-state index contributed by atoms with van der Waals surface area (Å²) in [6.07, 6.45) is 6.75. The molecule has 11 aromatic rings. The normalized spacial score (nSPS) is 19.9. The quantitative estimate of drug-likeness (QED) is 0.135. The molecular weight excluding hydrogens is 925 g/mol. The van der Waals surface area contributed by atoms with Crippen LogP contribution in [0.25, 0.3) is 61.7 Å². The van der Waals surface area contributed by atoms with Gasteiger partial charge in [0.1, 0.15) is 0 Å². The Hall–Kier alpha value is -7.94. The molecule has 0 amide bonds. The van der Waals surface area contributed by atoms with Crippen molar-refractivity contribution in [2.24, 2.45) is 0 Å². The van der Waals surface area contributed by atoms with Crippen LogP contribution in [-0.2, 0) is 5.41 Å². The van der Waals surface area contributed by atoms with Gasteiger partial charge < -0.3 is 0 Å². The van der Waals surface area contributed by atoms with Crippen molar-refractivity contribution in [3.63, 3.8) is 0 Å². The van der Waals surface area contributed by atoms with Crippen molar-refractivity contribution < 1.29 is 16.4 Å². The Labute approximate surface area is 434 Å². The molecule has 0 spiro atoms. The summed E-state index contributed by atoms with van der Waals surface area (Å²) in [4.78, 5) is 22.2. The summed E-state index contributed by atoms with van der Waals surface area (Å²) >= 11 is -4.20. The molecule has 1 saturated carbocycles. The van der Waals surface area contributed by atoms with E-state index in [0.29, 0.717) is 12.0 Å². The number of hydrogen-bond donors (Lipinski definition) is 0. The van der Waals surface area contributed by atoms with E-state index in [1.165, 1.54) is 4.57 Å². The van der Waals surface area contributed by atoms with E-state index in [9.17, 15) is 11.0 Å². The van der Waals surface area contributed by atoms with Crippen LogP contribution in [0.2, 0.25) is 0 Å². The predicted molar refractivity (Wildman–Crippen MR) is 295 cm³/mol. The molecule has 1 aliphatic heterocycles. The maximum atomic E-state index is 9.96. The summed E-state index contributed by atoms with van der Waals surface area (Å²) in [5, 5.41) is -0.363. The van der Waals surface area contributed by atoms with Crippen molar-refractivity contribution in [3.05, 3.63) is 236 Å². The van der Waals surface area contributed by atoms with Crippen LogP contribution in [0.15, 0.2) is 230 Å². The molecule has 4 heterocycles. The van der Waals surface area contributed by atoms with Crippen molar-refractivity contribution >= 4 is 64.0 Å². The van der Waals surface area contributed by atoms with Crippen LogP contribution in [0.1, 0.15) is 61.5 Å². The van der Waals surface area contributed by atoms with Crippen molar-refractivity contribution in [2.75, 3.05) is 4.90 Å². The number of fused-ring (bicyclic) bond motifs is 6. The zero-order valence-electron chi connectivity index (χ0n) is 51.0. The summed E-state index contributed by atoms with van der Waals surface area (Å²) in [5.74, 6) is -0.526. The van der Waals surface area contributed by atoms with Gasteiger partial charge >= 0.3 is 425 Å². The van der Waals surface area contributed by atoms with E-state index < -0.39 is 90.7 Å². The molecule has 3 aromatic heterocycles. The van der Waals surface area contributed by atoms with E-state index in [1.54, 1.807) is 6.20 Å². The second-order valence-corrected chi connectivity index (χ2v) is 26.8. The SMILES string of the molecule is [2H]c1c([2H])c([2H])c(N2c3ccncc3C3(C)CCCCC23C)c(-c2nc(-c3ccc[c]([Ge]([c]4ccccc4)([c]4ccccc4)[c]4cccc(-c5ccccc5)c4)c3)nc(-n3c4c([2H])c([2H])c([2H])c([2H])c4c4c([2H])c([2H])c([2H])c([2H])c43)n2)c1[2H]. The van der Waals surface area contributed by atoms with Crippen LogP contribution < -0.4 is 22.5 Å². The molecule has 7 heteroatoms. The van der Waals surface area contributed by atoms with Crippen LogP contribution in [0.3, 0.4) is 0 Å². The molecule has 6 nitrogen and oxygen atoms in total. The molecule has 1 fully saturated rings. The Bertz CT molecular complexity index is 4380. The maximum absolute atomic E-state index is 9.96. The molecule has 0 N–H and O–H groups in total. The molecule has 342 valence electrons. The van der Waals surface area contributed by atoms with Gasteiger partial charge in [-0.25, -0.2) is 0 Å². The fourth-order valence-electron chi connectivity index (χ4n) is 11.7. The zero-order chi connectivity index (χ0) is 58.0. The van der Waals surface area contributed by atoms with Gasteiger partial charge in [0.2, 0.25) is 0 Å². The fourth-order valence-corrected chi connectivity index (χ4v) is 21.8. The second kappa shape index (κ2) is 17.2. The van der Waals surface area contributed by atoms with Crippen LogP contribution in [0.5, 0.6) is 0 Å². The Morgan fingerprint density at radius 1 is 0.507 bits per heavy atom. The van der Waals surface area contributed by atoms with E-state index in [2.05, 4.69) is 91.6 Å². The van der Waals surface area contributed by atoms with E-state index >= 15 is 0 Å². The van der Waals surface area contributed by atoms with Crippen molar-refractivity contribution in [1.29, 1.82) is 0 Å². The molecule has 0 radical (unpaired) electrons. The molecule has 8 aromatic carbocycles. The first kappa shape index (κ1) is 32.0. The number of nitrogens with zero attached hydrogens (tertiary/aromatic N) is 6. The molecule has 2 atom stereocenters. The molecule has 2 unspecified atom stereocenters. The summed E-state index contributed by atoms with van der Waals surface area (Å²) in [6.45, 7) is 4.31. The standard InChI is InChI=1S/C64H52GeN6/c1-63-39-18-19-40-64(63,2)71(59-38-41-66-44-55(59)63)58-37-17-14-34-54(58)61-67-60(68-62(69-61)70-56-35-15-12-32-52(56)53-33-13-16-36-57(53)70)47-25-21-31-51(43-47)65(48-26-8-4-9-27-48,49-28-10-5-11-29-49)50-30-20-24-46(42-50)45-22-6-3-7-23-45/h3-17,20-38,41-44H,18-19,39-40H2,1-2H3/i12D,13D,14D,15D,16D,17D,32D,33D,34D,35D,36D,37D. The predicted octanol–water partition coefficient (Wildman–Crippen LogP) is 12.5. The third-order valence-electron chi connectivity index (χ3n) is 15.2. The van der Waals surface area contributed by atoms with Gasteiger partial charge in [-0.15, -0.1) is 0 Å². The molecule has 2 aliphatic rings. The number of hydrogen-bond acceptors (Lipinski definition) is 5.